The molecule has 1 rings (SSSR count). The second-order valence-corrected chi connectivity index (χ2v) is 4.30. The number of alkyl halides is 1. The van der Waals surface area contributed by atoms with Crippen molar-refractivity contribution < 1.29 is 9.18 Å². The summed E-state index contributed by atoms with van der Waals surface area (Å²) in [6.45, 7) is 4.59. The first-order valence-corrected chi connectivity index (χ1v) is 5.18. The molecule has 1 aliphatic rings. The molecule has 1 saturated heterocycles. The van der Waals surface area contributed by atoms with E-state index in [4.69, 9.17) is 5.73 Å². The number of rotatable bonds is 2. The SMILES string of the molecule is CC(N)CC(=O)N1CCC(C)C(F)C1. The number of nitrogens with two attached hydrogens (primary N) is 1. The standard InChI is InChI=1S/C10H19FN2O/c1-7-3-4-13(6-9(7)11)10(14)5-8(2)12/h7-9H,3-6,12H2,1-2H3. The number of piperidine rings is 1. The van der Waals surface area contributed by atoms with Crippen LogP contribution in [0.4, 0.5) is 4.39 Å². The average molecular weight is 202 g/mol. The van der Waals surface area contributed by atoms with Crippen LogP contribution < -0.4 is 5.73 Å². The molecule has 0 aromatic heterocycles. The monoisotopic (exact) mass is 202 g/mol. The van der Waals surface area contributed by atoms with Crippen LogP contribution in [0.5, 0.6) is 0 Å². The summed E-state index contributed by atoms with van der Waals surface area (Å²) >= 11 is 0. The minimum absolute atomic E-state index is 0.0189. The zero-order chi connectivity index (χ0) is 10.7. The molecular formula is C10H19FN2O. The number of amides is 1. The minimum Gasteiger partial charge on any atom is -0.340 e. The highest BCUT2D eigenvalue weighted by Crippen LogP contribution is 2.20. The second kappa shape index (κ2) is 4.73. The van der Waals surface area contributed by atoms with Crippen molar-refractivity contribution in [3.05, 3.63) is 0 Å². The molecule has 3 unspecified atom stereocenters. The molecule has 3 nitrogen and oxygen atoms in total. The molecule has 14 heavy (non-hydrogen) atoms. The topological polar surface area (TPSA) is 46.3 Å². The number of nitrogens with zero attached hydrogens (tertiary/aromatic N) is 1. The highest BCUT2D eigenvalue weighted by atomic mass is 19.1. The van der Waals surface area contributed by atoms with Crippen LogP contribution in [0.25, 0.3) is 0 Å². The van der Waals surface area contributed by atoms with Crippen LogP contribution in [0.15, 0.2) is 0 Å². The molecule has 0 saturated carbocycles. The zero-order valence-electron chi connectivity index (χ0n) is 8.87. The van der Waals surface area contributed by atoms with E-state index in [2.05, 4.69) is 0 Å². The maximum Gasteiger partial charge on any atom is 0.224 e. The Balaban J connectivity index is 2.42. The highest BCUT2D eigenvalue weighted by Gasteiger charge is 2.28. The molecule has 0 aromatic carbocycles. The Morgan fingerprint density at radius 3 is 2.86 bits per heavy atom. The van der Waals surface area contributed by atoms with Crippen molar-refractivity contribution in [2.24, 2.45) is 11.7 Å². The van der Waals surface area contributed by atoms with Crippen LogP contribution in [0.1, 0.15) is 26.7 Å². The number of hydrogen-bond donors (Lipinski definition) is 1. The van der Waals surface area contributed by atoms with E-state index in [-0.39, 0.29) is 24.4 Å². The molecule has 0 aliphatic carbocycles. The molecule has 0 radical (unpaired) electrons. The van der Waals surface area contributed by atoms with Crippen LogP contribution in [-0.2, 0) is 4.79 Å². The summed E-state index contributed by atoms with van der Waals surface area (Å²) in [5.41, 5.74) is 5.52. The molecule has 1 heterocycles. The van der Waals surface area contributed by atoms with Crippen molar-refractivity contribution >= 4 is 5.91 Å². The van der Waals surface area contributed by atoms with Crippen LogP contribution in [0.2, 0.25) is 0 Å². The Kier molecular flexibility index (Phi) is 3.86. The maximum absolute atomic E-state index is 13.3. The summed E-state index contributed by atoms with van der Waals surface area (Å²) in [5.74, 6) is 0.0592. The van der Waals surface area contributed by atoms with Crippen molar-refractivity contribution in [3.8, 4) is 0 Å². The lowest BCUT2D eigenvalue weighted by molar-refractivity contribution is -0.134. The van der Waals surface area contributed by atoms with Gasteiger partial charge in [0.15, 0.2) is 0 Å². The molecule has 0 spiro atoms. The normalized spacial score (nSPS) is 30.1. The van der Waals surface area contributed by atoms with E-state index >= 15 is 0 Å². The third kappa shape index (κ3) is 2.94. The van der Waals surface area contributed by atoms with Crippen LogP contribution in [0.3, 0.4) is 0 Å². The van der Waals surface area contributed by atoms with E-state index in [1.165, 1.54) is 0 Å². The third-order valence-electron chi connectivity index (χ3n) is 2.72. The molecule has 3 atom stereocenters. The van der Waals surface area contributed by atoms with Gasteiger partial charge in [-0.3, -0.25) is 4.79 Å². The van der Waals surface area contributed by atoms with Crippen molar-refractivity contribution in [2.75, 3.05) is 13.1 Å². The molecule has 1 amide bonds. The Morgan fingerprint density at radius 2 is 2.36 bits per heavy atom. The second-order valence-electron chi connectivity index (χ2n) is 4.30. The fourth-order valence-corrected chi connectivity index (χ4v) is 1.65. The maximum atomic E-state index is 13.3. The summed E-state index contributed by atoms with van der Waals surface area (Å²) in [6, 6.07) is -0.139. The minimum atomic E-state index is -0.874. The van der Waals surface area contributed by atoms with E-state index in [0.29, 0.717) is 13.0 Å². The van der Waals surface area contributed by atoms with Gasteiger partial charge in [-0.1, -0.05) is 6.92 Å². The van der Waals surface area contributed by atoms with Crippen molar-refractivity contribution in [1.82, 2.24) is 4.90 Å². The summed E-state index contributed by atoms with van der Waals surface area (Å²) in [5, 5.41) is 0. The van der Waals surface area contributed by atoms with Crippen molar-refractivity contribution in [3.63, 3.8) is 0 Å². The van der Waals surface area contributed by atoms with Gasteiger partial charge in [-0.25, -0.2) is 4.39 Å². The lowest BCUT2D eigenvalue weighted by Crippen LogP contribution is -2.45. The lowest BCUT2D eigenvalue weighted by Gasteiger charge is -2.33. The Labute approximate surface area is 84.4 Å². The number of likely N-dealkylation sites (tertiary alicyclic amines) is 1. The van der Waals surface area contributed by atoms with Gasteiger partial charge in [0.1, 0.15) is 6.17 Å². The summed E-state index contributed by atoms with van der Waals surface area (Å²) in [4.78, 5) is 13.1. The van der Waals surface area contributed by atoms with Crippen LogP contribution in [-0.4, -0.2) is 36.1 Å². The van der Waals surface area contributed by atoms with Gasteiger partial charge >= 0.3 is 0 Å². The zero-order valence-corrected chi connectivity index (χ0v) is 8.87. The van der Waals surface area contributed by atoms with Gasteiger partial charge in [0.25, 0.3) is 0 Å². The Hall–Kier alpha value is -0.640. The number of halogens is 1. The fraction of sp³-hybridized carbons (Fsp3) is 0.900. The first kappa shape index (κ1) is 11.4. The smallest absolute Gasteiger partial charge is 0.224 e. The van der Waals surface area contributed by atoms with Crippen LogP contribution in [0, 0.1) is 5.92 Å². The van der Waals surface area contributed by atoms with E-state index in [0.717, 1.165) is 6.42 Å². The van der Waals surface area contributed by atoms with Gasteiger partial charge in [0.05, 0.1) is 6.54 Å². The number of hydrogen-bond acceptors (Lipinski definition) is 2. The largest absolute Gasteiger partial charge is 0.340 e. The Morgan fingerprint density at radius 1 is 1.71 bits per heavy atom. The van der Waals surface area contributed by atoms with Gasteiger partial charge in [-0.15, -0.1) is 0 Å². The first-order valence-electron chi connectivity index (χ1n) is 5.18. The lowest BCUT2D eigenvalue weighted by atomic mass is 9.97. The van der Waals surface area contributed by atoms with Gasteiger partial charge in [0.2, 0.25) is 5.91 Å². The van der Waals surface area contributed by atoms with Gasteiger partial charge in [-0.2, -0.15) is 0 Å². The van der Waals surface area contributed by atoms with E-state index in [9.17, 15) is 9.18 Å². The van der Waals surface area contributed by atoms with Crippen LogP contribution >= 0.6 is 0 Å². The fourth-order valence-electron chi connectivity index (χ4n) is 1.65. The quantitative estimate of drug-likeness (QED) is 0.724. The first-order chi connectivity index (χ1) is 6.50. The summed E-state index contributed by atoms with van der Waals surface area (Å²) in [6.07, 6.45) is 0.202. The van der Waals surface area contributed by atoms with Gasteiger partial charge in [0, 0.05) is 19.0 Å². The van der Waals surface area contributed by atoms with E-state index in [1.807, 2.05) is 6.92 Å². The summed E-state index contributed by atoms with van der Waals surface area (Å²) in [7, 11) is 0. The molecular weight excluding hydrogens is 183 g/mol. The van der Waals surface area contributed by atoms with Crippen molar-refractivity contribution in [2.45, 2.75) is 38.9 Å². The number of carbonyl (C=O) groups is 1. The summed E-state index contributed by atoms with van der Waals surface area (Å²) < 4.78 is 13.3. The van der Waals surface area contributed by atoms with E-state index in [1.54, 1.807) is 11.8 Å². The van der Waals surface area contributed by atoms with Gasteiger partial charge < -0.3 is 10.6 Å². The highest BCUT2D eigenvalue weighted by molar-refractivity contribution is 5.76. The van der Waals surface area contributed by atoms with Crippen molar-refractivity contribution in [1.29, 1.82) is 0 Å². The molecule has 0 aromatic rings. The average Bonchev–Trinajstić information content (AvgIpc) is 2.08. The molecule has 82 valence electrons. The predicted molar refractivity (Wildman–Crippen MR) is 53.5 cm³/mol. The molecule has 2 N–H and O–H groups in total. The predicted octanol–water partition coefficient (Wildman–Crippen LogP) is 0.930. The van der Waals surface area contributed by atoms with E-state index < -0.39 is 6.17 Å². The van der Waals surface area contributed by atoms with Gasteiger partial charge in [-0.05, 0) is 19.3 Å². The molecule has 1 aliphatic heterocycles. The molecule has 0 bridgehead atoms. The molecule has 4 heteroatoms. The number of carbonyl (C=O) groups excluding carboxylic acids is 1. The Bertz CT molecular complexity index is 208. The molecule has 1 fully saturated rings. The third-order valence-corrected chi connectivity index (χ3v) is 2.72.